The van der Waals surface area contributed by atoms with E-state index in [1.807, 2.05) is 20.8 Å². The lowest BCUT2D eigenvalue weighted by molar-refractivity contribution is -0.155. The summed E-state index contributed by atoms with van der Waals surface area (Å²) in [5.74, 6) is 0.516. The first-order valence-corrected chi connectivity index (χ1v) is 12.9. The van der Waals surface area contributed by atoms with Gasteiger partial charge in [0.2, 0.25) is 5.76 Å². The number of carbonyl (C=O) groups excluding carboxylic acids is 1. The number of hydrogen-bond donors (Lipinski definition) is 0. The molecule has 7 rings (SSSR count). The number of likely N-dealkylation sites (tertiary alicyclic amines) is 3. The van der Waals surface area contributed by atoms with Crippen LogP contribution in [0.3, 0.4) is 0 Å². The summed E-state index contributed by atoms with van der Waals surface area (Å²) in [7, 11) is 0. The second kappa shape index (κ2) is 7.69. The van der Waals surface area contributed by atoms with Crippen LogP contribution >= 0.6 is 0 Å². The first-order valence-electron chi connectivity index (χ1n) is 12.9. The summed E-state index contributed by atoms with van der Waals surface area (Å²) >= 11 is 0. The van der Waals surface area contributed by atoms with E-state index in [-0.39, 0.29) is 16.9 Å². The van der Waals surface area contributed by atoms with Gasteiger partial charge < -0.3 is 14.3 Å². The normalized spacial score (nSPS) is 25.6. The van der Waals surface area contributed by atoms with Crippen molar-refractivity contribution in [1.29, 1.82) is 0 Å². The maximum Gasteiger partial charge on any atom is 0.452 e. The summed E-state index contributed by atoms with van der Waals surface area (Å²) in [4.78, 5) is 23.5. The number of halogens is 3. The summed E-state index contributed by atoms with van der Waals surface area (Å²) in [6.07, 6.45) is 3.80. The summed E-state index contributed by atoms with van der Waals surface area (Å²) in [6, 6.07) is 1.54. The predicted molar refractivity (Wildman–Crippen MR) is 120 cm³/mol. The molecule has 3 aliphatic heterocycles. The van der Waals surface area contributed by atoms with Crippen LogP contribution in [0, 0.1) is 10.8 Å². The van der Waals surface area contributed by atoms with Crippen LogP contribution in [-0.2, 0) is 12.7 Å². The van der Waals surface area contributed by atoms with E-state index in [2.05, 4.69) is 24.7 Å². The molecule has 0 bridgehead atoms. The maximum atomic E-state index is 13.0. The number of alkyl halides is 3. The first kappa shape index (κ1) is 22.6. The fourth-order valence-electron chi connectivity index (χ4n) is 6.63. The molecule has 5 heterocycles. The number of amides is 2. The van der Waals surface area contributed by atoms with Crippen molar-refractivity contribution in [3.63, 3.8) is 0 Å². The zero-order chi connectivity index (χ0) is 24.7. The van der Waals surface area contributed by atoms with E-state index in [9.17, 15) is 18.0 Å². The fraction of sp³-hybridized carbons (Fsp3) is 0.750. The van der Waals surface area contributed by atoms with Crippen molar-refractivity contribution in [3.05, 3.63) is 29.7 Å². The van der Waals surface area contributed by atoms with Gasteiger partial charge in [-0.25, -0.2) is 14.5 Å². The highest BCUT2D eigenvalue weighted by molar-refractivity contribution is 5.76. The van der Waals surface area contributed by atoms with Crippen LogP contribution in [0.15, 0.2) is 16.9 Å². The Kier molecular flexibility index (Phi) is 4.82. The molecule has 36 heavy (non-hydrogen) atoms. The number of nitrogens with zero attached hydrogens (tertiary/aromatic N) is 7. The number of urea groups is 1. The molecule has 12 heteroatoms. The predicted octanol–water partition coefficient (Wildman–Crippen LogP) is 3.52. The molecule has 2 aromatic rings. The molecule has 9 nitrogen and oxygen atoms in total. The van der Waals surface area contributed by atoms with Crippen LogP contribution in [0.25, 0.3) is 0 Å². The molecular weight excluding hydrogens is 475 g/mol. The maximum absolute atomic E-state index is 13.0. The van der Waals surface area contributed by atoms with Gasteiger partial charge in [0.1, 0.15) is 6.33 Å². The van der Waals surface area contributed by atoms with Crippen molar-refractivity contribution in [1.82, 2.24) is 34.6 Å². The van der Waals surface area contributed by atoms with E-state index in [4.69, 9.17) is 0 Å². The zero-order valence-corrected chi connectivity index (χ0v) is 20.1. The minimum Gasteiger partial charge on any atom is -0.351 e. The monoisotopic (exact) mass is 505 g/mol. The van der Waals surface area contributed by atoms with Gasteiger partial charge in [-0.3, -0.25) is 4.90 Å². The molecular formula is C24H30F3N7O2. The highest BCUT2D eigenvalue weighted by Gasteiger charge is 2.57. The summed E-state index contributed by atoms with van der Waals surface area (Å²) < 4.78 is 44.6. The molecule has 0 aromatic carbocycles. The lowest BCUT2D eigenvalue weighted by atomic mass is 9.60. The lowest BCUT2D eigenvalue weighted by Gasteiger charge is -2.61. The largest absolute Gasteiger partial charge is 0.452 e. The van der Waals surface area contributed by atoms with Crippen molar-refractivity contribution in [2.24, 2.45) is 10.8 Å². The van der Waals surface area contributed by atoms with Crippen LogP contribution in [0.1, 0.15) is 67.8 Å². The van der Waals surface area contributed by atoms with Crippen LogP contribution < -0.4 is 0 Å². The smallest absolute Gasteiger partial charge is 0.351 e. The Morgan fingerprint density at radius 3 is 2.33 bits per heavy atom. The number of carbonyl (C=O) groups is 1. The third kappa shape index (κ3) is 3.88. The molecule has 0 unspecified atom stereocenters. The summed E-state index contributed by atoms with van der Waals surface area (Å²) in [5.41, 5.74) is 0.706. The Labute approximate surface area is 206 Å². The van der Waals surface area contributed by atoms with Gasteiger partial charge >= 0.3 is 12.2 Å². The Bertz CT molecular complexity index is 1140. The minimum atomic E-state index is -4.51. The van der Waals surface area contributed by atoms with Gasteiger partial charge in [0.25, 0.3) is 0 Å². The number of hydrogen-bond acceptors (Lipinski definition) is 6. The molecule has 194 valence electrons. The Balaban J connectivity index is 0.843. The quantitative estimate of drug-likeness (QED) is 0.633. The van der Waals surface area contributed by atoms with Crippen molar-refractivity contribution in [3.8, 4) is 0 Å². The molecule has 2 amide bonds. The number of piperidine rings is 1. The Morgan fingerprint density at radius 2 is 1.72 bits per heavy atom. The second-order valence-corrected chi connectivity index (χ2v) is 11.9. The molecule has 5 aliphatic rings. The molecule has 2 aliphatic carbocycles. The standard InChI is InChI=1S/C24H30F3N7O2/c25-24(26,27)19-7-17(30-36-19)10-31-5-3-22(4-6-31)11-32(12-22)21(35)33-13-23(14-33)8-18(9-23)34-15-28-20(29-34)16-1-2-16/h7,15-16,18H,1-6,8-14H2. The lowest BCUT2D eigenvalue weighted by Crippen LogP contribution is -2.70. The summed E-state index contributed by atoms with van der Waals surface area (Å²) in [6.45, 7) is 5.15. The molecule has 5 fully saturated rings. The van der Waals surface area contributed by atoms with E-state index >= 15 is 0 Å². The van der Waals surface area contributed by atoms with Gasteiger partial charge in [-0.05, 0) is 51.6 Å². The topological polar surface area (TPSA) is 83.5 Å². The van der Waals surface area contributed by atoms with Gasteiger partial charge in [0.15, 0.2) is 5.82 Å². The van der Waals surface area contributed by atoms with Crippen LogP contribution in [0.2, 0.25) is 0 Å². The molecule has 0 atom stereocenters. The Morgan fingerprint density at radius 1 is 1.06 bits per heavy atom. The van der Waals surface area contributed by atoms with Gasteiger partial charge in [0.05, 0.1) is 11.7 Å². The molecule has 3 saturated heterocycles. The first-order chi connectivity index (χ1) is 17.2. The van der Waals surface area contributed by atoms with E-state index in [1.165, 1.54) is 12.8 Å². The molecule has 0 N–H and O–H groups in total. The third-order valence-corrected chi connectivity index (χ3v) is 8.97. The van der Waals surface area contributed by atoms with Crippen molar-refractivity contribution in [2.75, 3.05) is 39.3 Å². The van der Waals surface area contributed by atoms with Crippen molar-refractivity contribution >= 4 is 6.03 Å². The van der Waals surface area contributed by atoms with E-state index < -0.39 is 11.9 Å². The number of rotatable bonds is 4. The van der Waals surface area contributed by atoms with Gasteiger partial charge in [0, 0.05) is 55.5 Å². The third-order valence-electron chi connectivity index (χ3n) is 8.97. The van der Waals surface area contributed by atoms with Crippen molar-refractivity contribution in [2.45, 2.75) is 63.2 Å². The van der Waals surface area contributed by atoms with E-state index in [0.717, 1.165) is 76.8 Å². The molecule has 2 spiro atoms. The minimum absolute atomic E-state index is 0.142. The van der Waals surface area contributed by atoms with Gasteiger partial charge in [-0.1, -0.05) is 5.16 Å². The average Bonchev–Trinajstić information content (AvgIpc) is 3.29. The highest BCUT2D eigenvalue weighted by atomic mass is 19.4. The average molecular weight is 506 g/mol. The molecule has 2 aromatic heterocycles. The van der Waals surface area contributed by atoms with Gasteiger partial charge in [-0.15, -0.1) is 0 Å². The summed E-state index contributed by atoms with van der Waals surface area (Å²) in [5, 5.41) is 8.24. The number of aromatic nitrogens is 4. The van der Waals surface area contributed by atoms with Crippen LogP contribution in [0.5, 0.6) is 0 Å². The zero-order valence-electron chi connectivity index (χ0n) is 20.1. The van der Waals surface area contributed by atoms with E-state index in [0.29, 0.717) is 24.2 Å². The SMILES string of the molecule is O=C(N1CC2(CCN(Cc3cc(C(F)(F)F)on3)CC2)C1)N1CC2(CC(n3cnc(C4CC4)n3)C2)C1. The van der Waals surface area contributed by atoms with Gasteiger partial charge in [-0.2, -0.15) is 18.3 Å². The van der Waals surface area contributed by atoms with E-state index in [1.54, 1.807) is 0 Å². The highest BCUT2D eigenvalue weighted by Crippen LogP contribution is 2.54. The molecule has 2 saturated carbocycles. The van der Waals surface area contributed by atoms with Crippen LogP contribution in [0.4, 0.5) is 18.0 Å². The van der Waals surface area contributed by atoms with Crippen LogP contribution in [-0.4, -0.2) is 79.9 Å². The fourth-order valence-corrected chi connectivity index (χ4v) is 6.63. The van der Waals surface area contributed by atoms with Crippen molar-refractivity contribution < 1.29 is 22.5 Å². The second-order valence-electron chi connectivity index (χ2n) is 11.9. The molecule has 0 radical (unpaired) electrons. The Hall–Kier alpha value is -2.63.